The summed E-state index contributed by atoms with van der Waals surface area (Å²) in [5.74, 6) is -0.139. The van der Waals surface area contributed by atoms with E-state index in [1.807, 2.05) is 47.0 Å². The van der Waals surface area contributed by atoms with Crippen molar-refractivity contribution in [1.29, 1.82) is 0 Å². The molecule has 1 saturated carbocycles. The number of amides is 1. The SMILES string of the molecule is CCN(CCN(C)C[C@@H](Oc1cc(C)c(C(=O)O)cc1S(C)=O)c1ccc(C2CC2)cn1)C(=O)OC(C)(C)C. The third-order valence-electron chi connectivity index (χ3n) is 6.55. The first-order valence-electron chi connectivity index (χ1n) is 13.3. The summed E-state index contributed by atoms with van der Waals surface area (Å²) in [5.41, 5.74) is 1.97. The van der Waals surface area contributed by atoms with E-state index < -0.39 is 28.5 Å². The molecule has 1 aromatic heterocycles. The van der Waals surface area contributed by atoms with Crippen LogP contribution in [0, 0.1) is 6.92 Å². The zero-order valence-corrected chi connectivity index (χ0v) is 24.8. The normalized spacial score (nSPS) is 15.1. The lowest BCUT2D eigenvalue weighted by molar-refractivity contribution is 0.0240. The van der Waals surface area contributed by atoms with Crippen molar-refractivity contribution in [3.8, 4) is 5.75 Å². The second-order valence-electron chi connectivity index (χ2n) is 11.1. The molecular formula is C29H41N3O6S. The Morgan fingerprint density at radius 3 is 2.41 bits per heavy atom. The Balaban J connectivity index is 1.83. The van der Waals surface area contributed by atoms with Gasteiger partial charge >= 0.3 is 12.1 Å². The van der Waals surface area contributed by atoms with E-state index in [0.717, 1.165) is 5.69 Å². The van der Waals surface area contributed by atoms with E-state index >= 15 is 0 Å². The van der Waals surface area contributed by atoms with Crippen LogP contribution < -0.4 is 4.74 Å². The Kier molecular flexibility index (Phi) is 10.1. The number of benzene rings is 1. The number of ether oxygens (including phenoxy) is 2. The van der Waals surface area contributed by atoms with Gasteiger partial charge in [-0.1, -0.05) is 6.07 Å². The molecule has 1 fully saturated rings. The molecule has 10 heteroatoms. The maximum absolute atomic E-state index is 12.6. The van der Waals surface area contributed by atoms with E-state index in [4.69, 9.17) is 14.5 Å². The highest BCUT2D eigenvalue weighted by Gasteiger charge is 2.27. The van der Waals surface area contributed by atoms with Crippen molar-refractivity contribution in [2.75, 3.05) is 39.5 Å². The molecule has 0 aliphatic heterocycles. The Labute approximate surface area is 234 Å². The van der Waals surface area contributed by atoms with Gasteiger partial charge in [-0.15, -0.1) is 0 Å². The molecule has 1 amide bonds. The topological polar surface area (TPSA) is 109 Å². The molecule has 214 valence electrons. The molecule has 0 spiro atoms. The quantitative estimate of drug-likeness (QED) is 0.386. The van der Waals surface area contributed by atoms with Gasteiger partial charge < -0.3 is 24.4 Å². The average molecular weight is 560 g/mol. The fourth-order valence-corrected chi connectivity index (χ4v) is 4.86. The predicted molar refractivity (Wildman–Crippen MR) is 151 cm³/mol. The number of hydrogen-bond donors (Lipinski definition) is 1. The molecule has 1 aromatic carbocycles. The summed E-state index contributed by atoms with van der Waals surface area (Å²) < 4.78 is 24.5. The van der Waals surface area contributed by atoms with E-state index in [0.29, 0.717) is 48.3 Å². The van der Waals surface area contributed by atoms with Crippen LogP contribution in [0.4, 0.5) is 4.79 Å². The second-order valence-corrected chi connectivity index (χ2v) is 12.4. The standard InChI is InChI=1S/C29H41N3O6S/c1-8-32(28(35)38-29(3,4)5)14-13-31(6)18-25(23-12-11-21(17-30-23)20-9-10-20)37-24-15-19(2)22(27(33)34)16-26(24)39(7)36/h11-12,15-17,20,25H,8-10,13-14,18H2,1-7H3,(H,33,34)/t25-,39?/m1/s1. The minimum atomic E-state index is -1.47. The number of aromatic carboxylic acids is 1. The van der Waals surface area contributed by atoms with Crippen LogP contribution >= 0.6 is 0 Å². The largest absolute Gasteiger partial charge is 0.481 e. The van der Waals surface area contributed by atoms with Crippen molar-refractivity contribution in [3.05, 3.63) is 52.8 Å². The molecule has 0 radical (unpaired) electrons. The Hall–Kier alpha value is -2.98. The molecule has 1 N–H and O–H groups in total. The predicted octanol–water partition coefficient (Wildman–Crippen LogP) is 5.01. The van der Waals surface area contributed by atoms with Gasteiger partial charge in [0.2, 0.25) is 0 Å². The number of pyridine rings is 1. The van der Waals surface area contributed by atoms with E-state index in [1.165, 1.54) is 30.7 Å². The molecule has 39 heavy (non-hydrogen) atoms. The number of aromatic nitrogens is 1. The molecule has 9 nitrogen and oxygen atoms in total. The van der Waals surface area contributed by atoms with Gasteiger partial charge in [0.05, 0.1) is 27.0 Å². The van der Waals surface area contributed by atoms with Crippen LogP contribution in [-0.2, 0) is 15.5 Å². The Morgan fingerprint density at radius 2 is 1.90 bits per heavy atom. The maximum Gasteiger partial charge on any atom is 0.410 e. The van der Waals surface area contributed by atoms with Gasteiger partial charge in [-0.2, -0.15) is 0 Å². The minimum Gasteiger partial charge on any atom is -0.481 e. The number of aryl methyl sites for hydroxylation is 1. The van der Waals surface area contributed by atoms with Crippen molar-refractivity contribution in [1.82, 2.24) is 14.8 Å². The molecule has 1 heterocycles. The number of carboxylic acid groups (broad SMARTS) is 1. The lowest BCUT2D eigenvalue weighted by atomic mass is 10.1. The highest BCUT2D eigenvalue weighted by atomic mass is 32.2. The lowest BCUT2D eigenvalue weighted by Crippen LogP contribution is -2.41. The smallest absolute Gasteiger partial charge is 0.410 e. The highest BCUT2D eigenvalue weighted by molar-refractivity contribution is 7.84. The van der Waals surface area contributed by atoms with Gasteiger partial charge in [0.15, 0.2) is 6.10 Å². The first-order valence-corrected chi connectivity index (χ1v) is 14.8. The summed E-state index contributed by atoms with van der Waals surface area (Å²) in [7, 11) is 0.472. The van der Waals surface area contributed by atoms with Crippen LogP contribution in [0.15, 0.2) is 35.4 Å². The van der Waals surface area contributed by atoms with E-state index in [-0.39, 0.29) is 11.7 Å². The number of nitrogens with zero attached hydrogens (tertiary/aromatic N) is 3. The van der Waals surface area contributed by atoms with Crippen molar-refractivity contribution >= 4 is 22.9 Å². The molecule has 0 bridgehead atoms. The molecule has 1 aliphatic carbocycles. The van der Waals surface area contributed by atoms with Crippen LogP contribution in [0.2, 0.25) is 0 Å². The van der Waals surface area contributed by atoms with Gasteiger partial charge in [0.25, 0.3) is 0 Å². The summed E-state index contributed by atoms with van der Waals surface area (Å²) in [6.07, 6.45) is 4.88. The van der Waals surface area contributed by atoms with Gasteiger partial charge in [0.1, 0.15) is 11.4 Å². The average Bonchev–Trinajstić information content (AvgIpc) is 3.68. The summed E-state index contributed by atoms with van der Waals surface area (Å²) in [6.45, 7) is 11.1. The first-order chi connectivity index (χ1) is 18.3. The van der Waals surface area contributed by atoms with Crippen LogP contribution in [0.1, 0.15) is 79.7 Å². The lowest BCUT2D eigenvalue weighted by Gasteiger charge is -2.29. The van der Waals surface area contributed by atoms with Crippen LogP contribution in [0.25, 0.3) is 0 Å². The van der Waals surface area contributed by atoms with Crippen molar-refractivity contribution in [3.63, 3.8) is 0 Å². The molecule has 2 atom stereocenters. The Bertz CT molecular complexity index is 1190. The molecule has 1 aliphatic rings. The van der Waals surface area contributed by atoms with Gasteiger partial charge in [-0.05, 0) is 89.8 Å². The number of carbonyl (C=O) groups is 2. The second kappa shape index (κ2) is 12.9. The summed E-state index contributed by atoms with van der Waals surface area (Å²) in [5, 5.41) is 9.55. The number of carboxylic acids is 1. The van der Waals surface area contributed by atoms with Crippen molar-refractivity contribution in [2.45, 2.75) is 70.0 Å². The van der Waals surface area contributed by atoms with Gasteiger partial charge in [-0.25, -0.2) is 9.59 Å². The van der Waals surface area contributed by atoms with E-state index in [9.17, 15) is 18.9 Å². The monoisotopic (exact) mass is 559 g/mol. The Morgan fingerprint density at radius 1 is 1.21 bits per heavy atom. The van der Waals surface area contributed by atoms with Crippen LogP contribution in [0.5, 0.6) is 5.75 Å². The zero-order valence-electron chi connectivity index (χ0n) is 24.0. The summed E-state index contributed by atoms with van der Waals surface area (Å²) in [6, 6.07) is 7.10. The van der Waals surface area contributed by atoms with Crippen molar-refractivity contribution in [2.24, 2.45) is 0 Å². The third kappa shape index (κ3) is 8.76. The first kappa shape index (κ1) is 30.6. The van der Waals surface area contributed by atoms with Crippen molar-refractivity contribution < 1.29 is 28.4 Å². The van der Waals surface area contributed by atoms with Gasteiger partial charge in [-0.3, -0.25) is 9.19 Å². The van der Waals surface area contributed by atoms with Crippen LogP contribution in [0.3, 0.4) is 0 Å². The van der Waals surface area contributed by atoms with Gasteiger partial charge in [0, 0.05) is 38.6 Å². The maximum atomic E-state index is 12.6. The summed E-state index contributed by atoms with van der Waals surface area (Å²) in [4.78, 5) is 33.0. The minimum absolute atomic E-state index is 0.0925. The molecular weight excluding hydrogens is 518 g/mol. The molecule has 2 aromatic rings. The third-order valence-corrected chi connectivity index (χ3v) is 7.49. The zero-order chi connectivity index (χ0) is 28.9. The van der Waals surface area contributed by atoms with E-state index in [2.05, 4.69) is 11.0 Å². The van der Waals surface area contributed by atoms with E-state index in [1.54, 1.807) is 17.9 Å². The fourth-order valence-electron chi connectivity index (χ4n) is 4.19. The molecule has 0 saturated heterocycles. The number of likely N-dealkylation sites (N-methyl/N-ethyl adjacent to an activating group) is 2. The number of rotatable bonds is 12. The number of hydrogen-bond acceptors (Lipinski definition) is 7. The molecule has 3 rings (SSSR count). The number of carbonyl (C=O) groups excluding carboxylic acids is 1. The molecule has 1 unspecified atom stereocenters. The summed E-state index contributed by atoms with van der Waals surface area (Å²) >= 11 is 0. The highest BCUT2D eigenvalue weighted by Crippen LogP contribution is 2.40. The fraction of sp³-hybridized carbons (Fsp3) is 0.552. The van der Waals surface area contributed by atoms with Crippen LogP contribution in [-0.4, -0.2) is 81.2 Å².